The highest BCUT2D eigenvalue weighted by Crippen LogP contribution is 2.38. The van der Waals surface area contributed by atoms with Crippen LogP contribution in [-0.2, 0) is 4.84 Å². The zero-order valence-electron chi connectivity index (χ0n) is 13.1. The van der Waals surface area contributed by atoms with Crippen molar-refractivity contribution in [3.8, 4) is 5.75 Å². The third-order valence-electron chi connectivity index (χ3n) is 3.12. The smallest absolute Gasteiger partial charge is 0.141 e. The molecule has 0 amide bonds. The third kappa shape index (κ3) is 3.95. The van der Waals surface area contributed by atoms with Gasteiger partial charge in [0.05, 0.1) is 28.5 Å². The Balaban J connectivity index is 2.24. The van der Waals surface area contributed by atoms with Crippen molar-refractivity contribution in [2.45, 2.75) is 46.3 Å². The molecular weight excluding hydrogens is 311 g/mol. The summed E-state index contributed by atoms with van der Waals surface area (Å²) in [6, 6.07) is 3.59. The monoisotopic (exact) mass is 332 g/mol. The molecule has 0 unspecified atom stereocenters. The Morgan fingerprint density at radius 2 is 1.86 bits per heavy atom. The number of hydrogen-bond donors (Lipinski definition) is 0. The van der Waals surface area contributed by atoms with Gasteiger partial charge in [-0.15, -0.1) is 0 Å². The lowest BCUT2D eigenvalue weighted by molar-refractivity contribution is -0.166. The molecule has 0 N–H and O–H groups in total. The molecule has 1 aliphatic heterocycles. The van der Waals surface area contributed by atoms with E-state index in [4.69, 9.17) is 32.8 Å². The molecule has 4 nitrogen and oxygen atoms in total. The number of hydrogen-bond acceptors (Lipinski definition) is 4. The van der Waals surface area contributed by atoms with Crippen LogP contribution < -0.4 is 9.64 Å². The van der Waals surface area contributed by atoms with Crippen molar-refractivity contribution in [1.82, 2.24) is 5.06 Å². The summed E-state index contributed by atoms with van der Waals surface area (Å²) in [5.41, 5.74) is 0.800. The largest absolute Gasteiger partial charge is 0.489 e. The van der Waals surface area contributed by atoms with Crippen molar-refractivity contribution in [3.05, 3.63) is 22.2 Å². The Morgan fingerprint density at radius 1 is 1.19 bits per heavy atom. The number of rotatable bonds is 3. The predicted molar refractivity (Wildman–Crippen MR) is 87.1 cm³/mol. The fraction of sp³-hybridized carbons (Fsp3) is 0.600. The Morgan fingerprint density at radius 3 is 2.38 bits per heavy atom. The van der Waals surface area contributed by atoms with Crippen molar-refractivity contribution in [3.63, 3.8) is 0 Å². The van der Waals surface area contributed by atoms with Crippen molar-refractivity contribution >= 4 is 28.9 Å². The van der Waals surface area contributed by atoms with Crippen LogP contribution in [0.25, 0.3) is 0 Å². The van der Waals surface area contributed by atoms with Crippen LogP contribution in [0.5, 0.6) is 5.75 Å². The molecule has 21 heavy (non-hydrogen) atoms. The van der Waals surface area contributed by atoms with Crippen LogP contribution in [0.3, 0.4) is 0 Å². The third-order valence-corrected chi connectivity index (χ3v) is 3.72. The quantitative estimate of drug-likeness (QED) is 0.810. The molecule has 2 rings (SSSR count). The van der Waals surface area contributed by atoms with E-state index < -0.39 is 0 Å². The second kappa shape index (κ2) is 6.21. The van der Waals surface area contributed by atoms with Crippen LogP contribution in [0.1, 0.15) is 34.6 Å². The van der Waals surface area contributed by atoms with Crippen LogP contribution in [0.4, 0.5) is 5.69 Å². The van der Waals surface area contributed by atoms with Gasteiger partial charge in [-0.05, 0) is 40.7 Å². The van der Waals surface area contributed by atoms with Gasteiger partial charge >= 0.3 is 0 Å². The molecule has 0 aromatic heterocycles. The lowest BCUT2D eigenvalue weighted by Crippen LogP contribution is -2.39. The van der Waals surface area contributed by atoms with Gasteiger partial charge in [0.15, 0.2) is 0 Å². The maximum Gasteiger partial charge on any atom is 0.141 e. The maximum atomic E-state index is 6.32. The molecule has 118 valence electrons. The minimum absolute atomic E-state index is 0.0532. The van der Waals surface area contributed by atoms with Gasteiger partial charge in [0, 0.05) is 11.6 Å². The Bertz CT molecular complexity index is 515. The van der Waals surface area contributed by atoms with Gasteiger partial charge < -0.3 is 9.64 Å². The molecule has 1 aromatic carbocycles. The summed E-state index contributed by atoms with van der Waals surface area (Å²) >= 11 is 12.5. The Kier molecular flexibility index (Phi) is 4.93. The first kappa shape index (κ1) is 16.7. The molecular formula is C15H22Cl2N2O2. The van der Waals surface area contributed by atoms with E-state index in [0.29, 0.717) is 29.2 Å². The van der Waals surface area contributed by atoms with Gasteiger partial charge in [0.25, 0.3) is 0 Å². The van der Waals surface area contributed by atoms with E-state index in [9.17, 15) is 0 Å². The molecule has 0 saturated carbocycles. The van der Waals surface area contributed by atoms with Gasteiger partial charge in [-0.1, -0.05) is 23.2 Å². The zero-order chi connectivity index (χ0) is 15.8. The van der Waals surface area contributed by atoms with Crippen LogP contribution in [0.15, 0.2) is 12.1 Å². The minimum Gasteiger partial charge on any atom is -0.489 e. The molecule has 1 aliphatic rings. The van der Waals surface area contributed by atoms with Crippen LogP contribution >= 0.6 is 23.2 Å². The van der Waals surface area contributed by atoms with Gasteiger partial charge in [0.1, 0.15) is 12.5 Å². The molecule has 1 fully saturated rings. The first-order chi connectivity index (χ1) is 9.68. The van der Waals surface area contributed by atoms with Crippen LogP contribution in [0, 0.1) is 0 Å². The van der Waals surface area contributed by atoms with Crippen LogP contribution in [0.2, 0.25) is 10.0 Å². The summed E-state index contributed by atoms with van der Waals surface area (Å²) in [7, 11) is 0. The van der Waals surface area contributed by atoms with Gasteiger partial charge in [-0.25, -0.2) is 0 Å². The van der Waals surface area contributed by atoms with Crippen molar-refractivity contribution in [2.24, 2.45) is 0 Å². The molecule has 0 aliphatic carbocycles. The highest BCUT2D eigenvalue weighted by molar-refractivity contribution is 6.37. The number of hydroxylamine groups is 2. The summed E-state index contributed by atoms with van der Waals surface area (Å²) in [5, 5.41) is 3.04. The first-order valence-corrected chi connectivity index (χ1v) is 7.75. The minimum atomic E-state index is -0.0646. The fourth-order valence-corrected chi connectivity index (χ4v) is 2.58. The van der Waals surface area contributed by atoms with E-state index in [1.165, 1.54) is 0 Å². The Labute approximate surface area is 136 Å². The average molecular weight is 333 g/mol. The summed E-state index contributed by atoms with van der Waals surface area (Å²) in [6.45, 7) is 11.3. The SMILES string of the molecule is CC(C)Oc1cc(N2CON(C(C)(C)C)C2)c(Cl)cc1Cl. The summed E-state index contributed by atoms with van der Waals surface area (Å²) in [5.74, 6) is 0.639. The first-order valence-electron chi connectivity index (χ1n) is 6.99. The Hall–Kier alpha value is -0.680. The standard InChI is InChI=1S/C15H22Cl2N2O2/c1-10(2)21-14-7-13(11(16)6-12(14)17)18-8-19(20-9-18)15(3,4)5/h6-7,10H,8-9H2,1-5H3. The van der Waals surface area contributed by atoms with Gasteiger partial charge in [-0.2, -0.15) is 5.06 Å². The normalized spacial score (nSPS) is 16.9. The lowest BCUT2D eigenvalue weighted by atomic mass is 10.1. The molecule has 0 radical (unpaired) electrons. The molecule has 1 heterocycles. The van der Waals surface area contributed by atoms with E-state index in [1.54, 1.807) is 6.07 Å². The van der Waals surface area contributed by atoms with E-state index >= 15 is 0 Å². The molecule has 0 atom stereocenters. The highest BCUT2D eigenvalue weighted by Gasteiger charge is 2.31. The molecule has 6 heteroatoms. The lowest BCUT2D eigenvalue weighted by Gasteiger charge is -2.29. The number of ether oxygens (including phenoxy) is 1. The number of halogens is 2. The summed E-state index contributed by atoms with van der Waals surface area (Å²) < 4.78 is 5.72. The second-order valence-electron chi connectivity index (χ2n) is 6.39. The van der Waals surface area contributed by atoms with Gasteiger partial charge in [0.2, 0.25) is 0 Å². The van der Waals surface area contributed by atoms with Crippen molar-refractivity contribution < 1.29 is 9.57 Å². The second-order valence-corrected chi connectivity index (χ2v) is 7.20. The maximum absolute atomic E-state index is 6.32. The van der Waals surface area contributed by atoms with Gasteiger partial charge in [-0.3, -0.25) is 4.84 Å². The van der Waals surface area contributed by atoms with E-state index in [-0.39, 0.29) is 11.6 Å². The van der Waals surface area contributed by atoms with E-state index in [1.807, 2.05) is 25.0 Å². The van der Waals surface area contributed by atoms with Crippen molar-refractivity contribution in [1.29, 1.82) is 0 Å². The fourth-order valence-electron chi connectivity index (χ4n) is 2.03. The average Bonchev–Trinajstić information content (AvgIpc) is 2.81. The summed E-state index contributed by atoms with van der Waals surface area (Å²) in [6.07, 6.45) is 0.0532. The van der Waals surface area contributed by atoms with Crippen molar-refractivity contribution in [2.75, 3.05) is 18.3 Å². The molecule has 0 spiro atoms. The molecule has 1 saturated heterocycles. The number of benzene rings is 1. The summed E-state index contributed by atoms with van der Waals surface area (Å²) in [4.78, 5) is 7.77. The van der Waals surface area contributed by atoms with E-state index in [0.717, 1.165) is 5.69 Å². The number of anilines is 1. The highest BCUT2D eigenvalue weighted by atomic mass is 35.5. The molecule has 1 aromatic rings. The molecule has 0 bridgehead atoms. The topological polar surface area (TPSA) is 24.9 Å². The number of nitrogens with zero attached hydrogens (tertiary/aromatic N) is 2. The predicted octanol–water partition coefficient (Wildman–Crippen LogP) is 4.55. The zero-order valence-corrected chi connectivity index (χ0v) is 14.6. The van der Waals surface area contributed by atoms with E-state index in [2.05, 4.69) is 25.7 Å². The van der Waals surface area contributed by atoms with Crippen LogP contribution in [-0.4, -0.2) is 30.1 Å².